The summed E-state index contributed by atoms with van der Waals surface area (Å²) in [6, 6.07) is 10.9. The molecule has 1 heteroatoms. The highest BCUT2D eigenvalue weighted by atomic mass is 15.1. The quantitative estimate of drug-likeness (QED) is 0.712. The minimum absolute atomic E-state index is 0.689. The molecule has 0 amide bonds. The Bertz CT molecular complexity index is 266. The highest BCUT2D eigenvalue weighted by Gasteiger charge is 2.17. The van der Waals surface area contributed by atoms with Gasteiger partial charge < -0.3 is 4.90 Å². The Hall–Kier alpha value is -0.820. The Morgan fingerprint density at radius 2 is 1.73 bits per heavy atom. The van der Waals surface area contributed by atoms with E-state index in [4.69, 9.17) is 0 Å². The van der Waals surface area contributed by atoms with E-state index in [0.717, 1.165) is 6.54 Å². The Morgan fingerprint density at radius 1 is 1.13 bits per heavy atom. The number of benzene rings is 1. The first-order chi connectivity index (χ1) is 7.15. The summed E-state index contributed by atoms with van der Waals surface area (Å²) in [6.07, 6.45) is 1.22. The summed E-state index contributed by atoms with van der Waals surface area (Å²) < 4.78 is 0. The van der Waals surface area contributed by atoms with Crippen LogP contribution in [0.3, 0.4) is 0 Å². The first-order valence-electron chi connectivity index (χ1n) is 5.84. The molecule has 0 N–H and O–H groups in total. The van der Waals surface area contributed by atoms with Crippen molar-refractivity contribution in [1.82, 2.24) is 4.90 Å². The third kappa shape index (κ3) is 3.67. The summed E-state index contributed by atoms with van der Waals surface area (Å²) in [7, 11) is 4.29. The first kappa shape index (κ1) is 12.3. The molecule has 0 aliphatic heterocycles. The third-order valence-electron chi connectivity index (χ3n) is 3.01. The van der Waals surface area contributed by atoms with Crippen molar-refractivity contribution in [3.05, 3.63) is 35.9 Å². The van der Waals surface area contributed by atoms with E-state index in [2.05, 4.69) is 63.2 Å². The van der Waals surface area contributed by atoms with E-state index in [0.29, 0.717) is 11.8 Å². The zero-order valence-electron chi connectivity index (χ0n) is 10.4. The SMILES string of the molecule is CCC(c1ccccc1)[C@H](C)CN(C)C. The highest BCUT2D eigenvalue weighted by Crippen LogP contribution is 2.27. The summed E-state index contributed by atoms with van der Waals surface area (Å²) in [4.78, 5) is 2.27. The Kier molecular flexibility index (Phi) is 4.83. The lowest BCUT2D eigenvalue weighted by Gasteiger charge is -2.25. The molecule has 1 aromatic rings. The molecule has 0 aliphatic carbocycles. The molecule has 0 bridgehead atoms. The van der Waals surface area contributed by atoms with Gasteiger partial charge in [-0.15, -0.1) is 0 Å². The lowest BCUT2D eigenvalue weighted by Crippen LogP contribution is -2.24. The monoisotopic (exact) mass is 205 g/mol. The second-order valence-corrected chi connectivity index (χ2v) is 4.66. The summed E-state index contributed by atoms with van der Waals surface area (Å²) in [5.41, 5.74) is 1.48. The molecule has 1 aromatic carbocycles. The van der Waals surface area contributed by atoms with Crippen LogP contribution in [0.5, 0.6) is 0 Å². The van der Waals surface area contributed by atoms with Gasteiger partial charge in [0, 0.05) is 6.54 Å². The van der Waals surface area contributed by atoms with Crippen molar-refractivity contribution in [2.45, 2.75) is 26.2 Å². The van der Waals surface area contributed by atoms with Gasteiger partial charge in [0.2, 0.25) is 0 Å². The second kappa shape index (κ2) is 5.92. The molecular weight excluding hydrogens is 182 g/mol. The molecule has 1 unspecified atom stereocenters. The van der Waals surface area contributed by atoms with Gasteiger partial charge in [0.15, 0.2) is 0 Å². The average Bonchev–Trinajstić information content (AvgIpc) is 2.19. The topological polar surface area (TPSA) is 3.24 Å². The third-order valence-corrected chi connectivity index (χ3v) is 3.01. The molecule has 0 fully saturated rings. The smallest absolute Gasteiger partial charge is 0.000676 e. The van der Waals surface area contributed by atoms with Crippen LogP contribution < -0.4 is 0 Å². The number of hydrogen-bond donors (Lipinski definition) is 0. The predicted octanol–water partition coefficient (Wildman–Crippen LogP) is 3.38. The minimum Gasteiger partial charge on any atom is -0.309 e. The summed E-state index contributed by atoms with van der Waals surface area (Å²) in [5.74, 6) is 1.40. The summed E-state index contributed by atoms with van der Waals surface area (Å²) in [6.45, 7) is 5.79. The van der Waals surface area contributed by atoms with Gasteiger partial charge in [0.1, 0.15) is 0 Å². The van der Waals surface area contributed by atoms with Gasteiger partial charge >= 0.3 is 0 Å². The van der Waals surface area contributed by atoms with Crippen molar-refractivity contribution in [3.63, 3.8) is 0 Å². The fourth-order valence-electron chi connectivity index (χ4n) is 2.37. The van der Waals surface area contributed by atoms with Gasteiger partial charge in [-0.05, 0) is 37.9 Å². The molecule has 0 radical (unpaired) electrons. The van der Waals surface area contributed by atoms with Gasteiger partial charge in [-0.25, -0.2) is 0 Å². The zero-order chi connectivity index (χ0) is 11.3. The van der Waals surface area contributed by atoms with Gasteiger partial charge in [-0.1, -0.05) is 44.2 Å². The molecule has 0 saturated carbocycles. The molecule has 0 heterocycles. The fraction of sp³-hybridized carbons (Fsp3) is 0.571. The van der Waals surface area contributed by atoms with E-state index in [1.165, 1.54) is 12.0 Å². The molecule has 15 heavy (non-hydrogen) atoms. The van der Waals surface area contributed by atoms with E-state index in [-0.39, 0.29) is 0 Å². The number of nitrogens with zero attached hydrogens (tertiary/aromatic N) is 1. The van der Waals surface area contributed by atoms with Crippen LogP contribution in [-0.2, 0) is 0 Å². The normalized spacial score (nSPS) is 15.3. The molecule has 84 valence electrons. The molecule has 0 spiro atoms. The van der Waals surface area contributed by atoms with E-state index in [1.54, 1.807) is 0 Å². The summed E-state index contributed by atoms with van der Waals surface area (Å²) >= 11 is 0. The van der Waals surface area contributed by atoms with Crippen molar-refractivity contribution < 1.29 is 0 Å². The van der Waals surface area contributed by atoms with Crippen LogP contribution in [0.2, 0.25) is 0 Å². The van der Waals surface area contributed by atoms with E-state index >= 15 is 0 Å². The van der Waals surface area contributed by atoms with Gasteiger partial charge in [-0.3, -0.25) is 0 Å². The van der Waals surface area contributed by atoms with Crippen molar-refractivity contribution in [2.75, 3.05) is 20.6 Å². The zero-order valence-corrected chi connectivity index (χ0v) is 10.4. The molecule has 0 aliphatic rings. The van der Waals surface area contributed by atoms with Crippen molar-refractivity contribution >= 4 is 0 Å². The molecule has 2 atom stereocenters. The van der Waals surface area contributed by atoms with Crippen LogP contribution in [0.1, 0.15) is 31.7 Å². The second-order valence-electron chi connectivity index (χ2n) is 4.66. The van der Waals surface area contributed by atoms with Crippen molar-refractivity contribution in [2.24, 2.45) is 5.92 Å². The predicted molar refractivity (Wildman–Crippen MR) is 67.2 cm³/mol. The molecule has 1 nitrogen and oxygen atoms in total. The van der Waals surface area contributed by atoms with Gasteiger partial charge in [0.05, 0.1) is 0 Å². The summed E-state index contributed by atoms with van der Waals surface area (Å²) in [5, 5.41) is 0. The lowest BCUT2D eigenvalue weighted by atomic mass is 9.85. The number of hydrogen-bond acceptors (Lipinski definition) is 1. The Labute approximate surface area is 94.1 Å². The maximum Gasteiger partial charge on any atom is 0.000676 e. The Balaban J connectivity index is 2.71. The molecule has 1 rings (SSSR count). The van der Waals surface area contributed by atoms with Crippen LogP contribution >= 0.6 is 0 Å². The lowest BCUT2D eigenvalue weighted by molar-refractivity contribution is 0.301. The van der Waals surface area contributed by atoms with Crippen LogP contribution in [-0.4, -0.2) is 25.5 Å². The maximum absolute atomic E-state index is 2.35. The van der Waals surface area contributed by atoms with Crippen molar-refractivity contribution in [1.29, 1.82) is 0 Å². The van der Waals surface area contributed by atoms with Crippen LogP contribution in [0.25, 0.3) is 0 Å². The van der Waals surface area contributed by atoms with Crippen LogP contribution in [0, 0.1) is 5.92 Å². The number of rotatable bonds is 5. The first-order valence-corrected chi connectivity index (χ1v) is 5.84. The Morgan fingerprint density at radius 3 is 2.20 bits per heavy atom. The minimum atomic E-state index is 0.689. The largest absolute Gasteiger partial charge is 0.309 e. The van der Waals surface area contributed by atoms with Gasteiger partial charge in [0.25, 0.3) is 0 Å². The standard InChI is InChI=1S/C14H23N/c1-5-14(12(2)11-15(3)4)13-9-7-6-8-10-13/h6-10,12,14H,5,11H2,1-4H3/t12-,14?/m1/s1. The maximum atomic E-state index is 2.35. The van der Waals surface area contributed by atoms with Crippen molar-refractivity contribution in [3.8, 4) is 0 Å². The fourth-order valence-corrected chi connectivity index (χ4v) is 2.37. The molecular formula is C14H23N. The molecule has 0 aromatic heterocycles. The van der Waals surface area contributed by atoms with Crippen LogP contribution in [0.15, 0.2) is 30.3 Å². The van der Waals surface area contributed by atoms with E-state index < -0.39 is 0 Å². The van der Waals surface area contributed by atoms with Gasteiger partial charge in [-0.2, -0.15) is 0 Å². The van der Waals surface area contributed by atoms with E-state index in [9.17, 15) is 0 Å². The highest BCUT2D eigenvalue weighted by molar-refractivity contribution is 5.20. The molecule has 0 saturated heterocycles. The van der Waals surface area contributed by atoms with E-state index in [1.807, 2.05) is 0 Å². The van der Waals surface area contributed by atoms with Crippen LogP contribution in [0.4, 0.5) is 0 Å². The average molecular weight is 205 g/mol.